The molecule has 28 heavy (non-hydrogen) atoms. The van der Waals surface area contributed by atoms with Crippen molar-refractivity contribution >= 4 is 40.0 Å². The van der Waals surface area contributed by atoms with Crippen LogP contribution in [-0.2, 0) is 9.53 Å². The monoisotopic (exact) mass is 416 g/mol. The van der Waals surface area contributed by atoms with Crippen molar-refractivity contribution in [1.29, 1.82) is 0 Å². The molecule has 0 aliphatic carbocycles. The van der Waals surface area contributed by atoms with Gasteiger partial charge in [-0.15, -0.1) is 16.4 Å². The molecule has 3 aromatic rings. The first-order valence-corrected chi connectivity index (χ1v) is 10.5. The maximum absolute atomic E-state index is 12.4. The molecule has 0 fully saturated rings. The van der Waals surface area contributed by atoms with Crippen LogP contribution < -0.4 is 5.32 Å². The predicted octanol–water partition coefficient (Wildman–Crippen LogP) is 4.06. The molecule has 9 heteroatoms. The second-order valence-electron chi connectivity index (χ2n) is 5.88. The van der Waals surface area contributed by atoms with Crippen LogP contribution in [0.5, 0.6) is 0 Å². The summed E-state index contributed by atoms with van der Waals surface area (Å²) in [6.45, 7) is 5.79. The molecule has 1 aromatic carbocycles. The van der Waals surface area contributed by atoms with Gasteiger partial charge in [-0.2, -0.15) is 0 Å². The normalized spacial score (nSPS) is 10.7. The van der Waals surface area contributed by atoms with Crippen molar-refractivity contribution in [2.24, 2.45) is 0 Å². The lowest BCUT2D eigenvalue weighted by Gasteiger charge is -2.06. The van der Waals surface area contributed by atoms with Gasteiger partial charge in [-0.3, -0.25) is 9.89 Å². The van der Waals surface area contributed by atoms with Crippen molar-refractivity contribution in [3.05, 3.63) is 46.3 Å². The second kappa shape index (κ2) is 9.03. The lowest BCUT2D eigenvalue weighted by Crippen LogP contribution is -2.16. The largest absolute Gasteiger partial charge is 0.462 e. The Balaban J connectivity index is 1.63. The Morgan fingerprint density at radius 2 is 2.00 bits per heavy atom. The van der Waals surface area contributed by atoms with Crippen molar-refractivity contribution in [2.45, 2.75) is 25.9 Å². The fraction of sp³-hybridized carbons (Fsp3) is 0.263. The van der Waals surface area contributed by atoms with Gasteiger partial charge in [0.25, 0.3) is 0 Å². The van der Waals surface area contributed by atoms with Gasteiger partial charge in [0.2, 0.25) is 11.1 Å². The van der Waals surface area contributed by atoms with Crippen molar-refractivity contribution in [1.82, 2.24) is 15.2 Å². The fourth-order valence-electron chi connectivity index (χ4n) is 2.49. The van der Waals surface area contributed by atoms with E-state index in [1.54, 1.807) is 6.92 Å². The van der Waals surface area contributed by atoms with Gasteiger partial charge >= 0.3 is 5.97 Å². The Morgan fingerprint density at radius 3 is 2.71 bits per heavy atom. The number of aryl methyl sites for hydroxylation is 1. The smallest absolute Gasteiger partial charge is 0.341 e. The zero-order valence-corrected chi connectivity index (χ0v) is 17.4. The average Bonchev–Trinajstić information content (AvgIpc) is 3.26. The molecular weight excluding hydrogens is 396 g/mol. The van der Waals surface area contributed by atoms with Crippen LogP contribution in [0.2, 0.25) is 0 Å². The summed E-state index contributed by atoms with van der Waals surface area (Å²) in [6, 6.07) is 9.63. The Labute approximate surface area is 170 Å². The number of carbonyl (C=O) groups is 2. The molecule has 1 amide bonds. The Morgan fingerprint density at radius 1 is 1.25 bits per heavy atom. The molecule has 2 aromatic heterocycles. The van der Waals surface area contributed by atoms with Crippen LogP contribution in [0, 0.1) is 13.8 Å². The van der Waals surface area contributed by atoms with E-state index in [-0.39, 0.29) is 18.3 Å². The summed E-state index contributed by atoms with van der Waals surface area (Å²) in [5.74, 6) is 0.124. The number of thioether (sulfide) groups is 1. The summed E-state index contributed by atoms with van der Waals surface area (Å²) in [5.41, 5.74) is 2.18. The maximum atomic E-state index is 12.4. The first kappa shape index (κ1) is 20.1. The van der Waals surface area contributed by atoms with Crippen LogP contribution in [0.25, 0.3) is 11.4 Å². The molecule has 0 saturated carbocycles. The summed E-state index contributed by atoms with van der Waals surface area (Å²) in [5, 5.41) is 10.8. The van der Waals surface area contributed by atoms with Crippen molar-refractivity contribution in [3.63, 3.8) is 0 Å². The Kier molecular flexibility index (Phi) is 6.48. The summed E-state index contributed by atoms with van der Waals surface area (Å²) >= 11 is 2.59. The highest BCUT2D eigenvalue weighted by Gasteiger charge is 2.22. The van der Waals surface area contributed by atoms with Crippen molar-refractivity contribution in [3.8, 4) is 11.4 Å². The number of carbonyl (C=O) groups excluding carboxylic acids is 2. The SMILES string of the molecule is CCOC(=O)c1c(NC(=O)CSc2n[nH]c(-c3ccccc3)n2)sc(C)c1C. The molecule has 0 bridgehead atoms. The molecular formula is C19H20N4O3S2. The lowest BCUT2D eigenvalue weighted by atomic mass is 10.1. The number of hydrogen-bond acceptors (Lipinski definition) is 7. The van der Waals surface area contributed by atoms with Crippen LogP contribution in [0.4, 0.5) is 5.00 Å². The molecule has 0 aliphatic rings. The Bertz CT molecular complexity index is 982. The van der Waals surface area contributed by atoms with Gasteiger partial charge < -0.3 is 10.1 Å². The summed E-state index contributed by atoms with van der Waals surface area (Å²) in [7, 11) is 0. The van der Waals surface area contributed by atoms with Gasteiger partial charge in [-0.05, 0) is 26.3 Å². The number of aromatic amines is 1. The van der Waals surface area contributed by atoms with Gasteiger partial charge in [0.15, 0.2) is 5.82 Å². The number of H-pyrrole nitrogens is 1. The van der Waals surface area contributed by atoms with Crippen LogP contribution in [-0.4, -0.2) is 39.4 Å². The molecule has 2 heterocycles. The standard InChI is InChI=1S/C19H20N4O3S2/c1-4-26-18(25)15-11(2)12(3)28-17(15)20-14(24)10-27-19-21-16(22-23-19)13-8-6-5-7-9-13/h5-9H,4,10H2,1-3H3,(H,20,24)(H,21,22,23). The maximum Gasteiger partial charge on any atom is 0.341 e. The molecule has 0 saturated heterocycles. The van der Waals surface area contributed by atoms with Crippen molar-refractivity contribution in [2.75, 3.05) is 17.7 Å². The summed E-state index contributed by atoms with van der Waals surface area (Å²) in [4.78, 5) is 29.9. The van der Waals surface area contributed by atoms with Crippen LogP contribution in [0.3, 0.4) is 0 Å². The van der Waals surface area contributed by atoms with Gasteiger partial charge in [0.05, 0.1) is 17.9 Å². The average molecular weight is 417 g/mol. The van der Waals surface area contributed by atoms with E-state index in [2.05, 4.69) is 20.5 Å². The van der Waals surface area contributed by atoms with E-state index in [0.717, 1.165) is 16.0 Å². The molecule has 146 valence electrons. The molecule has 7 nitrogen and oxygen atoms in total. The Hall–Kier alpha value is -2.65. The van der Waals surface area contributed by atoms with E-state index in [1.165, 1.54) is 23.1 Å². The number of ether oxygens (including phenoxy) is 1. The molecule has 0 radical (unpaired) electrons. The number of amides is 1. The number of rotatable bonds is 7. The van der Waals surface area contributed by atoms with E-state index in [0.29, 0.717) is 21.5 Å². The van der Waals surface area contributed by atoms with E-state index >= 15 is 0 Å². The number of aromatic nitrogens is 3. The first-order valence-electron chi connectivity index (χ1n) is 8.67. The van der Waals surface area contributed by atoms with E-state index in [1.807, 2.05) is 44.2 Å². The third-order valence-electron chi connectivity index (χ3n) is 3.96. The molecule has 2 N–H and O–H groups in total. The fourth-order valence-corrected chi connectivity index (χ4v) is 4.16. The third kappa shape index (κ3) is 4.60. The van der Waals surface area contributed by atoms with E-state index < -0.39 is 5.97 Å². The molecule has 0 unspecified atom stereocenters. The number of hydrogen-bond donors (Lipinski definition) is 2. The quantitative estimate of drug-likeness (QED) is 0.445. The van der Waals surface area contributed by atoms with Crippen LogP contribution in [0.1, 0.15) is 27.7 Å². The van der Waals surface area contributed by atoms with E-state index in [4.69, 9.17) is 4.74 Å². The minimum absolute atomic E-state index is 0.129. The van der Waals surface area contributed by atoms with E-state index in [9.17, 15) is 9.59 Å². The third-order valence-corrected chi connectivity index (χ3v) is 5.93. The predicted molar refractivity (Wildman–Crippen MR) is 111 cm³/mol. The molecule has 0 atom stereocenters. The van der Waals surface area contributed by atoms with Crippen LogP contribution in [0.15, 0.2) is 35.5 Å². The van der Waals surface area contributed by atoms with Gasteiger partial charge in [0.1, 0.15) is 5.00 Å². The topological polar surface area (TPSA) is 97.0 Å². The first-order chi connectivity index (χ1) is 13.5. The minimum Gasteiger partial charge on any atom is -0.462 e. The number of nitrogens with zero attached hydrogens (tertiary/aromatic N) is 2. The van der Waals surface area contributed by atoms with Crippen molar-refractivity contribution < 1.29 is 14.3 Å². The molecule has 0 aliphatic heterocycles. The zero-order chi connectivity index (χ0) is 20.1. The summed E-state index contributed by atoms with van der Waals surface area (Å²) in [6.07, 6.45) is 0. The highest BCUT2D eigenvalue weighted by molar-refractivity contribution is 7.99. The summed E-state index contributed by atoms with van der Waals surface area (Å²) < 4.78 is 5.11. The highest BCUT2D eigenvalue weighted by Crippen LogP contribution is 2.33. The number of esters is 1. The lowest BCUT2D eigenvalue weighted by molar-refractivity contribution is -0.113. The molecule has 0 spiro atoms. The van der Waals surface area contributed by atoms with Crippen LogP contribution >= 0.6 is 23.1 Å². The number of thiophene rings is 1. The second-order valence-corrected chi connectivity index (χ2v) is 8.04. The number of benzene rings is 1. The molecule has 3 rings (SSSR count). The van der Waals surface area contributed by atoms with Gasteiger partial charge in [-0.1, -0.05) is 42.1 Å². The van der Waals surface area contributed by atoms with Gasteiger partial charge in [-0.25, -0.2) is 9.78 Å². The van der Waals surface area contributed by atoms with Gasteiger partial charge in [0, 0.05) is 10.4 Å². The zero-order valence-electron chi connectivity index (χ0n) is 15.7. The minimum atomic E-state index is -0.422. The number of anilines is 1. The number of nitrogens with one attached hydrogen (secondary N) is 2. The highest BCUT2D eigenvalue weighted by atomic mass is 32.2.